The van der Waals surface area contributed by atoms with Crippen LogP contribution in [0.5, 0.6) is 0 Å². The molecule has 0 bridgehead atoms. The van der Waals surface area contributed by atoms with Gasteiger partial charge in [-0.25, -0.2) is 8.78 Å². The van der Waals surface area contributed by atoms with Crippen molar-refractivity contribution in [1.29, 1.82) is 0 Å². The van der Waals surface area contributed by atoms with Gasteiger partial charge in [-0.05, 0) is 67.4 Å². The van der Waals surface area contributed by atoms with Crippen molar-refractivity contribution < 1.29 is 18.7 Å². The summed E-state index contributed by atoms with van der Waals surface area (Å²) in [5.74, 6) is 2.20. The van der Waals surface area contributed by atoms with Gasteiger partial charge in [0.1, 0.15) is 17.9 Å². The van der Waals surface area contributed by atoms with Gasteiger partial charge in [-0.1, -0.05) is 43.5 Å². The largest absolute Gasteiger partial charge is 0.462 e. The number of fused-ring (bicyclic) bond motifs is 5. The van der Waals surface area contributed by atoms with Crippen LogP contribution < -0.4 is 0 Å². The molecule has 1 N–H and O–H groups in total. The minimum atomic E-state index is -1.50. The Morgan fingerprint density at radius 1 is 1.34 bits per heavy atom. The van der Waals surface area contributed by atoms with E-state index in [1.807, 2.05) is 25.2 Å². The molecule has 3 fully saturated rings. The molecule has 156 valence electrons. The maximum Gasteiger partial charge on any atom is 0.193 e. The van der Waals surface area contributed by atoms with E-state index >= 15 is 8.78 Å². The third kappa shape index (κ3) is 2.86. The van der Waals surface area contributed by atoms with Crippen LogP contribution in [-0.2, 0) is 4.79 Å². The van der Waals surface area contributed by atoms with E-state index in [0.29, 0.717) is 18.4 Å². The van der Waals surface area contributed by atoms with Crippen LogP contribution in [0.1, 0.15) is 46.0 Å². The molecule has 29 heavy (non-hydrogen) atoms. The highest BCUT2D eigenvalue weighted by Gasteiger charge is 2.68. The summed E-state index contributed by atoms with van der Waals surface area (Å²) in [6.07, 6.45) is 8.65. The van der Waals surface area contributed by atoms with Gasteiger partial charge in [0, 0.05) is 17.3 Å². The molecular weight excluding hydrogens is 390 g/mol. The molecule has 0 radical (unpaired) electrons. The fourth-order valence-corrected chi connectivity index (χ4v) is 7.64. The van der Waals surface area contributed by atoms with E-state index in [9.17, 15) is 4.79 Å². The van der Waals surface area contributed by atoms with Crippen LogP contribution in [0, 0.1) is 40.6 Å². The van der Waals surface area contributed by atoms with E-state index in [1.54, 1.807) is 6.08 Å². The predicted molar refractivity (Wildman–Crippen MR) is 112 cm³/mol. The zero-order valence-corrected chi connectivity index (χ0v) is 17.8. The first-order chi connectivity index (χ1) is 13.7. The molecule has 0 spiro atoms. The Hall–Kier alpha value is -1.54. The zero-order valence-electron chi connectivity index (χ0n) is 17.0. The van der Waals surface area contributed by atoms with Gasteiger partial charge in [0.05, 0.1) is 5.75 Å². The molecule has 0 heterocycles. The van der Waals surface area contributed by atoms with Crippen LogP contribution in [0.15, 0.2) is 36.0 Å². The number of aliphatic hydroxyl groups is 1. The summed E-state index contributed by atoms with van der Waals surface area (Å²) in [7, 11) is 0. The first-order valence-electron chi connectivity index (χ1n) is 10.4. The lowest BCUT2D eigenvalue weighted by atomic mass is 9.46. The van der Waals surface area contributed by atoms with E-state index in [4.69, 9.17) is 5.11 Å². The number of hydrogen-bond donors (Lipinski definition) is 1. The third-order valence-electron chi connectivity index (χ3n) is 8.39. The normalized spacial score (nSPS) is 45.4. The van der Waals surface area contributed by atoms with Gasteiger partial charge in [-0.15, -0.1) is 0 Å². The summed E-state index contributed by atoms with van der Waals surface area (Å²) in [4.78, 5) is 12.8. The maximum atomic E-state index is 16.8. The van der Waals surface area contributed by atoms with E-state index in [-0.39, 0.29) is 34.5 Å². The van der Waals surface area contributed by atoms with Crippen molar-refractivity contribution in [2.24, 2.45) is 28.6 Å². The molecule has 0 aliphatic heterocycles. The lowest BCUT2D eigenvalue weighted by molar-refractivity contribution is -0.142. The number of aliphatic hydroxyl groups excluding tert-OH is 1. The summed E-state index contributed by atoms with van der Waals surface area (Å²) in [6, 6.07) is 0. The van der Waals surface area contributed by atoms with Crippen LogP contribution in [-0.4, -0.2) is 27.8 Å². The highest BCUT2D eigenvalue weighted by atomic mass is 32.2. The molecule has 0 aromatic heterocycles. The summed E-state index contributed by atoms with van der Waals surface area (Å²) >= 11 is 1.13. The second-order valence-corrected chi connectivity index (χ2v) is 10.5. The molecule has 5 unspecified atom stereocenters. The first-order valence-corrected chi connectivity index (χ1v) is 11.4. The molecule has 0 amide bonds. The minimum absolute atomic E-state index is 0.00474. The number of carbonyl (C=O) groups excluding carboxylic acids is 1. The van der Waals surface area contributed by atoms with Gasteiger partial charge in [0.15, 0.2) is 5.12 Å². The SMILES string of the molecule is C=C1C=CC2(C)C(=C1)[C@@H](F)CC1C3CCC(C(=O)SCC#CO)C3(C)CC[C@@]12F. The Balaban J connectivity index is 1.65. The molecule has 4 aliphatic rings. The lowest BCUT2D eigenvalue weighted by Crippen LogP contribution is -2.62. The van der Waals surface area contributed by atoms with Crippen LogP contribution in [0.4, 0.5) is 8.78 Å². The van der Waals surface area contributed by atoms with Crippen molar-refractivity contribution in [2.75, 3.05) is 5.75 Å². The van der Waals surface area contributed by atoms with Crippen molar-refractivity contribution >= 4 is 16.9 Å². The molecule has 0 aromatic carbocycles. The summed E-state index contributed by atoms with van der Waals surface area (Å²) in [6.45, 7) is 7.84. The van der Waals surface area contributed by atoms with Gasteiger partial charge in [0.2, 0.25) is 0 Å². The molecule has 4 rings (SSSR count). The predicted octanol–water partition coefficient (Wildman–Crippen LogP) is 5.53. The Bertz CT molecular complexity index is 868. The minimum Gasteiger partial charge on any atom is -0.462 e. The molecule has 0 aromatic rings. The zero-order chi connectivity index (χ0) is 21.0. The molecule has 4 aliphatic carbocycles. The Labute approximate surface area is 175 Å². The maximum absolute atomic E-state index is 16.8. The molecular formula is C24H28F2O2S. The monoisotopic (exact) mass is 418 g/mol. The fourth-order valence-electron chi connectivity index (χ4n) is 6.77. The smallest absolute Gasteiger partial charge is 0.193 e. The van der Waals surface area contributed by atoms with Crippen molar-refractivity contribution in [3.05, 3.63) is 36.0 Å². The van der Waals surface area contributed by atoms with E-state index in [2.05, 4.69) is 19.4 Å². The Morgan fingerprint density at radius 3 is 2.83 bits per heavy atom. The number of alkyl halides is 2. The number of hydrogen-bond acceptors (Lipinski definition) is 3. The number of rotatable bonds is 2. The molecule has 2 nitrogen and oxygen atoms in total. The Kier molecular flexibility index (Phi) is 5.01. The molecule has 3 saturated carbocycles. The highest BCUT2D eigenvalue weighted by molar-refractivity contribution is 8.13. The van der Waals surface area contributed by atoms with Crippen LogP contribution in [0.25, 0.3) is 0 Å². The molecule has 5 heteroatoms. The highest BCUT2D eigenvalue weighted by Crippen LogP contribution is 2.69. The van der Waals surface area contributed by atoms with Gasteiger partial charge in [0.25, 0.3) is 0 Å². The van der Waals surface area contributed by atoms with Crippen molar-refractivity contribution in [3.63, 3.8) is 0 Å². The summed E-state index contributed by atoms with van der Waals surface area (Å²) < 4.78 is 32.1. The van der Waals surface area contributed by atoms with Gasteiger partial charge >= 0.3 is 0 Å². The molecule has 7 atom stereocenters. The average Bonchev–Trinajstić information content (AvgIpc) is 3.03. The van der Waals surface area contributed by atoms with Crippen molar-refractivity contribution in [2.45, 2.75) is 57.8 Å². The van der Waals surface area contributed by atoms with Crippen LogP contribution in [0.2, 0.25) is 0 Å². The second kappa shape index (κ2) is 7.01. The number of carbonyl (C=O) groups is 1. The average molecular weight is 419 g/mol. The van der Waals surface area contributed by atoms with Crippen LogP contribution >= 0.6 is 11.8 Å². The van der Waals surface area contributed by atoms with E-state index in [1.165, 1.54) is 0 Å². The fraction of sp³-hybridized carbons (Fsp3) is 0.625. The standard InChI is InChI=1S/C24H28F2O2S/c1-15-7-8-23(3)19(13-15)20(25)14-18-16-5-6-17(21(28)29-12-4-11-27)22(16,2)9-10-24(18,23)26/h7-8,13,16-18,20,27H,1,5-6,9-10,12,14H2,2-3H3/t16?,17?,18?,20-,22?,23?,24+/m0/s1. The number of allylic oxidation sites excluding steroid dienone is 5. The van der Waals surface area contributed by atoms with Crippen molar-refractivity contribution in [3.8, 4) is 12.0 Å². The second-order valence-electron chi connectivity index (χ2n) is 9.52. The van der Waals surface area contributed by atoms with Gasteiger partial charge in [-0.3, -0.25) is 4.79 Å². The third-order valence-corrected chi connectivity index (χ3v) is 9.25. The van der Waals surface area contributed by atoms with Crippen LogP contribution in [0.3, 0.4) is 0 Å². The topological polar surface area (TPSA) is 37.3 Å². The molecule has 0 saturated heterocycles. The van der Waals surface area contributed by atoms with Gasteiger partial charge in [-0.2, -0.15) is 0 Å². The van der Waals surface area contributed by atoms with Gasteiger partial charge < -0.3 is 5.11 Å². The van der Waals surface area contributed by atoms with E-state index < -0.39 is 23.2 Å². The lowest BCUT2D eigenvalue weighted by Gasteiger charge is -2.60. The van der Waals surface area contributed by atoms with E-state index in [0.717, 1.165) is 30.2 Å². The number of halogens is 2. The first kappa shape index (κ1) is 20.7. The summed E-state index contributed by atoms with van der Waals surface area (Å²) in [5.41, 5.74) is -1.52. The summed E-state index contributed by atoms with van der Waals surface area (Å²) in [5, 5.41) is 8.69. The number of thioether (sulfide) groups is 1. The van der Waals surface area contributed by atoms with Crippen molar-refractivity contribution in [1.82, 2.24) is 0 Å². The Morgan fingerprint density at radius 2 is 2.10 bits per heavy atom. The quantitative estimate of drug-likeness (QED) is 0.599.